The van der Waals surface area contributed by atoms with E-state index in [1.807, 2.05) is 24.3 Å². The number of carbonyl (C=O) groups is 1. The largest absolute Gasteiger partial charge is 0.303 e. The van der Waals surface area contributed by atoms with E-state index >= 15 is 0 Å². The molecule has 1 aliphatic carbocycles. The summed E-state index contributed by atoms with van der Waals surface area (Å²) in [6.07, 6.45) is 7.01. The summed E-state index contributed by atoms with van der Waals surface area (Å²) in [7, 11) is 2.22. The van der Waals surface area contributed by atoms with E-state index < -0.39 is 0 Å². The molecule has 0 bridgehead atoms. The zero-order valence-electron chi connectivity index (χ0n) is 13.1. The molecule has 0 N–H and O–H groups in total. The van der Waals surface area contributed by atoms with Gasteiger partial charge in [0.25, 0.3) is 0 Å². The predicted molar refractivity (Wildman–Crippen MR) is 91.8 cm³/mol. The number of nitrogens with zero attached hydrogens (tertiary/aromatic N) is 1. The molecule has 0 heterocycles. The first-order valence-corrected chi connectivity index (χ1v) is 8.86. The standard InChI is InChI=1S/C18H26BrNO/c1-14-6-3-4-7-17(14)20(2)13-5-8-18(21)15-9-11-16(19)12-10-15/h9-12,14,17H,3-8,13H2,1-2H3. The lowest BCUT2D eigenvalue weighted by Gasteiger charge is -2.36. The van der Waals surface area contributed by atoms with E-state index in [9.17, 15) is 4.79 Å². The Hall–Kier alpha value is -0.670. The average Bonchev–Trinajstić information content (AvgIpc) is 2.48. The Morgan fingerprint density at radius 2 is 1.90 bits per heavy atom. The van der Waals surface area contributed by atoms with Crippen LogP contribution in [0.1, 0.15) is 55.8 Å². The Bertz CT molecular complexity index is 457. The van der Waals surface area contributed by atoms with Gasteiger partial charge in [0.1, 0.15) is 0 Å². The molecule has 2 atom stereocenters. The lowest BCUT2D eigenvalue weighted by atomic mass is 9.85. The summed E-state index contributed by atoms with van der Waals surface area (Å²) in [6, 6.07) is 8.38. The smallest absolute Gasteiger partial charge is 0.162 e. The molecule has 2 unspecified atom stereocenters. The van der Waals surface area contributed by atoms with Crippen molar-refractivity contribution in [1.82, 2.24) is 4.90 Å². The fourth-order valence-corrected chi connectivity index (χ4v) is 3.65. The molecule has 0 spiro atoms. The molecule has 0 aromatic heterocycles. The lowest BCUT2D eigenvalue weighted by Crippen LogP contribution is -2.39. The highest BCUT2D eigenvalue weighted by Gasteiger charge is 2.24. The van der Waals surface area contributed by atoms with Gasteiger partial charge in [0.05, 0.1) is 0 Å². The van der Waals surface area contributed by atoms with E-state index in [0.29, 0.717) is 12.5 Å². The van der Waals surface area contributed by atoms with E-state index in [-0.39, 0.29) is 5.78 Å². The van der Waals surface area contributed by atoms with Gasteiger partial charge in [-0.05, 0) is 50.9 Å². The Kier molecular flexibility index (Phi) is 6.43. The van der Waals surface area contributed by atoms with Gasteiger partial charge in [-0.3, -0.25) is 4.79 Å². The monoisotopic (exact) mass is 351 g/mol. The van der Waals surface area contributed by atoms with E-state index in [2.05, 4.69) is 34.8 Å². The second-order valence-corrected chi connectivity index (χ2v) is 7.26. The molecule has 1 saturated carbocycles. The number of benzene rings is 1. The van der Waals surface area contributed by atoms with Crippen LogP contribution >= 0.6 is 15.9 Å². The van der Waals surface area contributed by atoms with Crippen molar-refractivity contribution in [3.63, 3.8) is 0 Å². The maximum absolute atomic E-state index is 12.1. The van der Waals surface area contributed by atoms with Crippen LogP contribution in [0.4, 0.5) is 0 Å². The van der Waals surface area contributed by atoms with Crippen molar-refractivity contribution < 1.29 is 4.79 Å². The van der Waals surface area contributed by atoms with Gasteiger partial charge in [-0.15, -0.1) is 0 Å². The number of hydrogen-bond acceptors (Lipinski definition) is 2. The van der Waals surface area contributed by atoms with Crippen molar-refractivity contribution in [2.24, 2.45) is 5.92 Å². The fourth-order valence-electron chi connectivity index (χ4n) is 3.39. The molecule has 2 nitrogen and oxygen atoms in total. The Labute approximate surface area is 137 Å². The second-order valence-electron chi connectivity index (χ2n) is 6.34. The van der Waals surface area contributed by atoms with E-state index in [0.717, 1.165) is 28.9 Å². The first-order chi connectivity index (χ1) is 10.1. The highest BCUT2D eigenvalue weighted by atomic mass is 79.9. The van der Waals surface area contributed by atoms with Crippen LogP contribution < -0.4 is 0 Å². The summed E-state index contributed by atoms with van der Waals surface area (Å²) in [5, 5.41) is 0. The number of halogens is 1. The molecule has 2 rings (SSSR count). The Morgan fingerprint density at radius 3 is 2.57 bits per heavy atom. The van der Waals surface area contributed by atoms with Crippen molar-refractivity contribution in [1.29, 1.82) is 0 Å². The molecular weight excluding hydrogens is 326 g/mol. The molecule has 0 aliphatic heterocycles. The van der Waals surface area contributed by atoms with Crippen LogP contribution in [0, 0.1) is 5.92 Å². The number of carbonyl (C=O) groups excluding carboxylic acids is 1. The number of Topliss-reactive ketones (excluding diaryl/α,β-unsaturated/α-hetero) is 1. The average molecular weight is 352 g/mol. The summed E-state index contributed by atoms with van der Waals surface area (Å²) < 4.78 is 1.02. The molecule has 3 heteroatoms. The summed E-state index contributed by atoms with van der Waals surface area (Å²) in [4.78, 5) is 14.6. The van der Waals surface area contributed by atoms with Gasteiger partial charge in [-0.25, -0.2) is 0 Å². The van der Waals surface area contributed by atoms with Gasteiger partial charge < -0.3 is 4.90 Å². The third-order valence-electron chi connectivity index (χ3n) is 4.71. The first kappa shape index (κ1) is 16.7. The zero-order valence-corrected chi connectivity index (χ0v) is 14.7. The molecule has 116 valence electrons. The maximum Gasteiger partial charge on any atom is 0.162 e. The van der Waals surface area contributed by atoms with Gasteiger partial charge in [0, 0.05) is 22.5 Å². The molecule has 0 amide bonds. The third kappa shape index (κ3) is 4.93. The quantitative estimate of drug-likeness (QED) is 0.677. The van der Waals surface area contributed by atoms with Crippen molar-refractivity contribution in [2.75, 3.05) is 13.6 Å². The number of ketones is 1. The summed E-state index contributed by atoms with van der Waals surface area (Å²) >= 11 is 3.40. The van der Waals surface area contributed by atoms with Gasteiger partial charge in [-0.1, -0.05) is 47.8 Å². The van der Waals surface area contributed by atoms with E-state index in [4.69, 9.17) is 0 Å². The number of rotatable bonds is 6. The third-order valence-corrected chi connectivity index (χ3v) is 5.24. The van der Waals surface area contributed by atoms with Crippen LogP contribution in [0.3, 0.4) is 0 Å². The molecular formula is C18H26BrNO. The molecule has 1 aromatic rings. The molecule has 1 aliphatic rings. The van der Waals surface area contributed by atoms with Crippen molar-refractivity contribution in [3.8, 4) is 0 Å². The van der Waals surface area contributed by atoms with Gasteiger partial charge in [0.15, 0.2) is 5.78 Å². The Balaban J connectivity index is 1.75. The molecule has 1 aromatic carbocycles. The van der Waals surface area contributed by atoms with E-state index in [1.165, 1.54) is 25.7 Å². The first-order valence-electron chi connectivity index (χ1n) is 8.07. The minimum atomic E-state index is 0.257. The van der Waals surface area contributed by atoms with Gasteiger partial charge >= 0.3 is 0 Å². The van der Waals surface area contributed by atoms with Gasteiger partial charge in [0.2, 0.25) is 0 Å². The lowest BCUT2D eigenvalue weighted by molar-refractivity contribution is 0.0962. The van der Waals surface area contributed by atoms with Crippen molar-refractivity contribution in [2.45, 2.75) is 51.5 Å². The SMILES string of the molecule is CC1CCCCC1N(C)CCCC(=O)c1ccc(Br)cc1. The highest BCUT2D eigenvalue weighted by molar-refractivity contribution is 9.10. The van der Waals surface area contributed by atoms with Crippen molar-refractivity contribution in [3.05, 3.63) is 34.3 Å². The normalized spacial score (nSPS) is 22.5. The molecule has 0 saturated heterocycles. The van der Waals surface area contributed by atoms with E-state index in [1.54, 1.807) is 0 Å². The second kappa shape index (κ2) is 8.09. The minimum absolute atomic E-state index is 0.257. The maximum atomic E-state index is 12.1. The Morgan fingerprint density at radius 1 is 1.24 bits per heavy atom. The minimum Gasteiger partial charge on any atom is -0.303 e. The van der Waals surface area contributed by atoms with Crippen LogP contribution in [-0.4, -0.2) is 30.3 Å². The summed E-state index contributed by atoms with van der Waals surface area (Å²) in [5.74, 6) is 1.05. The molecule has 21 heavy (non-hydrogen) atoms. The zero-order chi connectivity index (χ0) is 15.2. The van der Waals surface area contributed by atoms with Crippen LogP contribution in [0.2, 0.25) is 0 Å². The summed E-state index contributed by atoms with van der Waals surface area (Å²) in [5.41, 5.74) is 0.826. The number of hydrogen-bond donors (Lipinski definition) is 0. The molecule has 0 radical (unpaired) electrons. The van der Waals surface area contributed by atoms with Gasteiger partial charge in [-0.2, -0.15) is 0 Å². The van der Waals surface area contributed by atoms with Crippen LogP contribution in [-0.2, 0) is 0 Å². The van der Waals surface area contributed by atoms with Crippen LogP contribution in [0.25, 0.3) is 0 Å². The predicted octanol–water partition coefficient (Wildman–Crippen LogP) is 4.92. The van der Waals surface area contributed by atoms with Crippen LogP contribution in [0.15, 0.2) is 28.7 Å². The summed E-state index contributed by atoms with van der Waals surface area (Å²) in [6.45, 7) is 3.39. The molecule has 1 fully saturated rings. The fraction of sp³-hybridized carbons (Fsp3) is 0.611. The highest BCUT2D eigenvalue weighted by Crippen LogP contribution is 2.27. The van der Waals surface area contributed by atoms with Crippen molar-refractivity contribution >= 4 is 21.7 Å². The topological polar surface area (TPSA) is 20.3 Å². The van der Waals surface area contributed by atoms with Crippen LogP contribution in [0.5, 0.6) is 0 Å².